The van der Waals surface area contributed by atoms with Crippen LogP contribution in [0.4, 0.5) is 5.69 Å². The molecule has 174 valence electrons. The van der Waals surface area contributed by atoms with Crippen molar-refractivity contribution in [2.24, 2.45) is 12.0 Å². The molecule has 0 fully saturated rings. The number of amides is 1. The van der Waals surface area contributed by atoms with Gasteiger partial charge in [0.2, 0.25) is 5.96 Å². The Labute approximate surface area is 197 Å². The van der Waals surface area contributed by atoms with Crippen LogP contribution in [0, 0.1) is 13.8 Å². The summed E-state index contributed by atoms with van der Waals surface area (Å²) in [5.74, 6) is 0.221. The van der Waals surface area contributed by atoms with Crippen molar-refractivity contribution in [1.29, 1.82) is 0 Å². The van der Waals surface area contributed by atoms with Gasteiger partial charge in [0, 0.05) is 29.6 Å². The van der Waals surface area contributed by atoms with Gasteiger partial charge in [-0.3, -0.25) is 14.8 Å². The smallest absolute Gasteiger partial charge is 0.257 e. The quantitative estimate of drug-likeness (QED) is 0.414. The molecule has 3 rings (SSSR count). The SMILES string of the molecule is CCc1ccccc1NC(=NCc1c(C)nn(C)c1C)NC(=O)c1ccc(C(C)(C)C)cc1. The molecular weight excluding hydrogens is 410 g/mol. The zero-order valence-electron chi connectivity index (χ0n) is 20.8. The predicted octanol–water partition coefficient (Wildman–Crippen LogP) is 5.29. The third-order valence-electron chi connectivity index (χ3n) is 5.95. The van der Waals surface area contributed by atoms with Crippen molar-refractivity contribution in [2.45, 2.75) is 59.9 Å². The predicted molar refractivity (Wildman–Crippen MR) is 136 cm³/mol. The second kappa shape index (κ2) is 10.0. The molecule has 2 aromatic carbocycles. The molecular formula is C27H35N5O. The zero-order valence-corrected chi connectivity index (χ0v) is 20.8. The fraction of sp³-hybridized carbons (Fsp3) is 0.370. The van der Waals surface area contributed by atoms with E-state index in [0.29, 0.717) is 18.1 Å². The molecule has 6 heteroatoms. The van der Waals surface area contributed by atoms with Crippen LogP contribution >= 0.6 is 0 Å². The molecule has 0 aliphatic rings. The number of aromatic nitrogens is 2. The molecule has 1 amide bonds. The summed E-state index contributed by atoms with van der Waals surface area (Å²) in [5, 5.41) is 10.8. The van der Waals surface area contributed by atoms with Crippen LogP contribution in [0.15, 0.2) is 53.5 Å². The fourth-order valence-electron chi connectivity index (χ4n) is 3.69. The van der Waals surface area contributed by atoms with Gasteiger partial charge in [-0.2, -0.15) is 5.10 Å². The van der Waals surface area contributed by atoms with Crippen molar-refractivity contribution in [3.8, 4) is 0 Å². The van der Waals surface area contributed by atoms with Gasteiger partial charge in [-0.25, -0.2) is 4.99 Å². The lowest BCUT2D eigenvalue weighted by molar-refractivity contribution is 0.0977. The first kappa shape index (κ1) is 24.2. The molecule has 33 heavy (non-hydrogen) atoms. The summed E-state index contributed by atoms with van der Waals surface area (Å²) in [6.45, 7) is 13.0. The molecule has 0 saturated carbocycles. The van der Waals surface area contributed by atoms with Gasteiger partial charge in [-0.05, 0) is 55.0 Å². The highest BCUT2D eigenvalue weighted by Gasteiger charge is 2.16. The minimum absolute atomic E-state index is 0.0342. The first-order chi connectivity index (χ1) is 15.6. The van der Waals surface area contributed by atoms with Gasteiger partial charge in [0.1, 0.15) is 0 Å². The molecule has 0 spiro atoms. The molecule has 6 nitrogen and oxygen atoms in total. The van der Waals surface area contributed by atoms with Crippen LogP contribution in [-0.4, -0.2) is 21.6 Å². The number of benzene rings is 2. The van der Waals surface area contributed by atoms with Crippen molar-refractivity contribution >= 4 is 17.6 Å². The molecule has 0 aliphatic heterocycles. The molecule has 1 heterocycles. The Morgan fingerprint density at radius 1 is 1.06 bits per heavy atom. The first-order valence-corrected chi connectivity index (χ1v) is 11.4. The summed E-state index contributed by atoms with van der Waals surface area (Å²) in [5.41, 5.74) is 6.96. The van der Waals surface area contributed by atoms with E-state index in [4.69, 9.17) is 4.99 Å². The molecule has 0 atom stereocenters. The first-order valence-electron chi connectivity index (χ1n) is 11.4. The number of nitrogens with zero attached hydrogens (tertiary/aromatic N) is 3. The standard InChI is InChI=1S/C27H35N5O/c1-8-20-11-9-10-12-24(20)29-26(28-17-23-18(2)31-32(7)19(23)3)30-25(33)21-13-15-22(16-14-21)27(4,5)6/h9-16H,8,17H2,1-7H3,(H2,28,29,30,33). The molecule has 3 aromatic rings. The number of carbonyl (C=O) groups is 1. The van der Waals surface area contributed by atoms with E-state index in [1.807, 2.05) is 68.0 Å². The van der Waals surface area contributed by atoms with Crippen molar-refractivity contribution in [3.05, 3.63) is 82.2 Å². The van der Waals surface area contributed by atoms with Crippen molar-refractivity contribution in [1.82, 2.24) is 15.1 Å². The lowest BCUT2D eigenvalue weighted by Gasteiger charge is -2.19. The monoisotopic (exact) mass is 445 g/mol. The van der Waals surface area contributed by atoms with Crippen LogP contribution < -0.4 is 10.6 Å². The van der Waals surface area contributed by atoms with E-state index in [1.54, 1.807) is 0 Å². The lowest BCUT2D eigenvalue weighted by atomic mass is 9.87. The largest absolute Gasteiger partial charge is 0.326 e. The fourth-order valence-corrected chi connectivity index (χ4v) is 3.69. The van der Waals surface area contributed by atoms with Crippen LogP contribution in [-0.2, 0) is 25.4 Å². The zero-order chi connectivity index (χ0) is 24.2. The average Bonchev–Trinajstić information content (AvgIpc) is 3.02. The summed E-state index contributed by atoms with van der Waals surface area (Å²) in [6, 6.07) is 15.8. The van der Waals surface area contributed by atoms with E-state index in [1.165, 1.54) is 5.56 Å². The summed E-state index contributed by atoms with van der Waals surface area (Å²) >= 11 is 0. The van der Waals surface area contributed by atoms with Crippen LogP contribution in [0.3, 0.4) is 0 Å². The highest BCUT2D eigenvalue weighted by molar-refractivity contribution is 6.10. The molecule has 0 aliphatic carbocycles. The lowest BCUT2D eigenvalue weighted by Crippen LogP contribution is -2.36. The number of hydrogen-bond acceptors (Lipinski definition) is 3. The van der Waals surface area contributed by atoms with Gasteiger partial charge in [-0.15, -0.1) is 0 Å². The summed E-state index contributed by atoms with van der Waals surface area (Å²) in [6.07, 6.45) is 0.874. The number of para-hydroxylation sites is 1. The van der Waals surface area contributed by atoms with Gasteiger partial charge < -0.3 is 5.32 Å². The van der Waals surface area contributed by atoms with E-state index in [-0.39, 0.29) is 11.3 Å². The molecule has 0 unspecified atom stereocenters. The van der Waals surface area contributed by atoms with Crippen LogP contribution in [0.2, 0.25) is 0 Å². The van der Waals surface area contributed by atoms with Gasteiger partial charge in [0.25, 0.3) is 5.91 Å². The van der Waals surface area contributed by atoms with Crippen molar-refractivity contribution < 1.29 is 4.79 Å². The Bertz CT molecular complexity index is 1150. The van der Waals surface area contributed by atoms with Crippen LogP contribution in [0.5, 0.6) is 0 Å². The van der Waals surface area contributed by atoms with Crippen LogP contribution in [0.25, 0.3) is 0 Å². The number of hydrogen-bond donors (Lipinski definition) is 2. The molecule has 0 bridgehead atoms. The normalized spacial score (nSPS) is 12.0. The molecule has 2 N–H and O–H groups in total. The molecule has 1 aromatic heterocycles. The minimum atomic E-state index is -0.199. The molecule has 0 saturated heterocycles. The topological polar surface area (TPSA) is 71.3 Å². The summed E-state index contributed by atoms with van der Waals surface area (Å²) < 4.78 is 1.86. The maximum atomic E-state index is 13.1. The van der Waals surface area contributed by atoms with E-state index in [9.17, 15) is 4.79 Å². The Kier molecular flexibility index (Phi) is 7.36. The number of carbonyl (C=O) groups excluding carboxylic acids is 1. The number of nitrogens with one attached hydrogen (secondary N) is 2. The van der Waals surface area contributed by atoms with Gasteiger partial charge >= 0.3 is 0 Å². The Morgan fingerprint density at radius 2 is 1.73 bits per heavy atom. The number of guanidine groups is 1. The van der Waals surface area contributed by atoms with E-state index >= 15 is 0 Å². The summed E-state index contributed by atoms with van der Waals surface area (Å²) in [7, 11) is 1.93. The van der Waals surface area contributed by atoms with Crippen molar-refractivity contribution in [3.63, 3.8) is 0 Å². The second-order valence-electron chi connectivity index (χ2n) is 9.35. The number of aliphatic imine (C=N–C) groups is 1. The second-order valence-corrected chi connectivity index (χ2v) is 9.35. The van der Waals surface area contributed by atoms with E-state index < -0.39 is 0 Å². The van der Waals surface area contributed by atoms with Crippen molar-refractivity contribution in [2.75, 3.05) is 5.32 Å². The Hall–Kier alpha value is -3.41. The minimum Gasteiger partial charge on any atom is -0.326 e. The molecule has 0 radical (unpaired) electrons. The average molecular weight is 446 g/mol. The number of anilines is 1. The third kappa shape index (κ3) is 5.89. The highest BCUT2D eigenvalue weighted by Crippen LogP contribution is 2.22. The maximum Gasteiger partial charge on any atom is 0.257 e. The Balaban J connectivity index is 1.88. The highest BCUT2D eigenvalue weighted by atomic mass is 16.1. The van der Waals surface area contributed by atoms with Gasteiger partial charge in [0.05, 0.1) is 12.2 Å². The number of rotatable bonds is 5. The van der Waals surface area contributed by atoms with Gasteiger partial charge in [-0.1, -0.05) is 58.0 Å². The van der Waals surface area contributed by atoms with Gasteiger partial charge in [0.15, 0.2) is 0 Å². The maximum absolute atomic E-state index is 13.1. The Morgan fingerprint density at radius 3 is 2.30 bits per heavy atom. The van der Waals surface area contributed by atoms with E-state index in [0.717, 1.165) is 34.6 Å². The van der Waals surface area contributed by atoms with E-state index in [2.05, 4.69) is 49.5 Å². The number of aryl methyl sites for hydroxylation is 3. The third-order valence-corrected chi connectivity index (χ3v) is 5.95. The van der Waals surface area contributed by atoms with Crippen LogP contribution in [0.1, 0.15) is 66.1 Å². The summed E-state index contributed by atoms with van der Waals surface area (Å²) in [4.78, 5) is 17.8.